The van der Waals surface area contributed by atoms with Crippen molar-refractivity contribution in [3.63, 3.8) is 0 Å². The second-order valence-corrected chi connectivity index (χ2v) is 4.07. The number of ether oxygens (including phenoxy) is 1. The van der Waals surface area contributed by atoms with Crippen LogP contribution in [0.4, 0.5) is 0 Å². The summed E-state index contributed by atoms with van der Waals surface area (Å²) < 4.78 is 7.32. The van der Waals surface area contributed by atoms with Crippen LogP contribution in [0.15, 0.2) is 6.33 Å². The molecule has 0 aliphatic heterocycles. The maximum Gasteiger partial charge on any atom is 0.164 e. The Kier molecular flexibility index (Phi) is 7.58. The fourth-order valence-electron chi connectivity index (χ4n) is 1.41. The average molecular weight is 240 g/mol. The molecule has 0 unspecified atom stereocenters. The molecule has 0 fully saturated rings. The zero-order valence-electron chi connectivity index (χ0n) is 11.0. The molecule has 1 heterocycles. The van der Waals surface area contributed by atoms with Gasteiger partial charge in [-0.1, -0.05) is 20.3 Å². The van der Waals surface area contributed by atoms with Gasteiger partial charge in [-0.3, -0.25) is 4.68 Å². The van der Waals surface area contributed by atoms with E-state index in [9.17, 15) is 0 Å². The van der Waals surface area contributed by atoms with Gasteiger partial charge in [0.25, 0.3) is 0 Å². The monoisotopic (exact) mass is 240 g/mol. The third-order valence-corrected chi connectivity index (χ3v) is 2.40. The summed E-state index contributed by atoms with van der Waals surface area (Å²) in [6, 6.07) is 0. The normalized spacial score (nSPS) is 10.9. The molecule has 0 amide bonds. The van der Waals surface area contributed by atoms with Crippen molar-refractivity contribution in [1.82, 2.24) is 20.1 Å². The molecule has 0 saturated carbocycles. The third kappa shape index (κ3) is 6.38. The van der Waals surface area contributed by atoms with Crippen LogP contribution in [-0.2, 0) is 17.8 Å². The van der Waals surface area contributed by atoms with E-state index in [1.54, 1.807) is 6.33 Å². The van der Waals surface area contributed by atoms with Crippen LogP contribution in [0.5, 0.6) is 0 Å². The van der Waals surface area contributed by atoms with Crippen molar-refractivity contribution in [3.8, 4) is 0 Å². The van der Waals surface area contributed by atoms with Crippen molar-refractivity contribution in [2.75, 3.05) is 19.8 Å². The molecule has 1 rings (SSSR count). The summed E-state index contributed by atoms with van der Waals surface area (Å²) in [7, 11) is 0. The molecule has 1 aromatic rings. The summed E-state index contributed by atoms with van der Waals surface area (Å²) in [6.07, 6.45) is 5.21. The van der Waals surface area contributed by atoms with Crippen molar-refractivity contribution >= 4 is 0 Å². The second-order valence-electron chi connectivity index (χ2n) is 4.07. The van der Waals surface area contributed by atoms with Gasteiger partial charge in [-0.15, -0.1) is 0 Å². The Morgan fingerprint density at radius 3 is 2.94 bits per heavy atom. The molecule has 0 bridgehead atoms. The zero-order chi connectivity index (χ0) is 12.3. The molecule has 17 heavy (non-hydrogen) atoms. The first kappa shape index (κ1) is 14.1. The van der Waals surface area contributed by atoms with Gasteiger partial charge in [0.15, 0.2) is 5.82 Å². The quantitative estimate of drug-likeness (QED) is 0.631. The summed E-state index contributed by atoms with van der Waals surface area (Å²) >= 11 is 0. The summed E-state index contributed by atoms with van der Waals surface area (Å²) in [5.41, 5.74) is 0. The topological polar surface area (TPSA) is 52.0 Å². The van der Waals surface area contributed by atoms with Gasteiger partial charge < -0.3 is 10.1 Å². The zero-order valence-corrected chi connectivity index (χ0v) is 11.0. The van der Waals surface area contributed by atoms with E-state index in [2.05, 4.69) is 29.2 Å². The highest BCUT2D eigenvalue weighted by Crippen LogP contribution is 1.92. The Balaban J connectivity index is 2.12. The Morgan fingerprint density at radius 2 is 2.18 bits per heavy atom. The van der Waals surface area contributed by atoms with Crippen LogP contribution in [0.3, 0.4) is 0 Å². The van der Waals surface area contributed by atoms with Crippen molar-refractivity contribution in [2.45, 2.75) is 46.2 Å². The van der Waals surface area contributed by atoms with Gasteiger partial charge in [-0.2, -0.15) is 5.10 Å². The predicted octanol–water partition coefficient (Wildman–Crippen LogP) is 1.59. The first-order valence-electron chi connectivity index (χ1n) is 6.53. The SMILES string of the molecule is CCCCOCCn1cnc(CNCCC)n1. The first-order valence-corrected chi connectivity index (χ1v) is 6.53. The number of nitrogens with one attached hydrogen (secondary N) is 1. The molecular formula is C12H24N4O. The van der Waals surface area contributed by atoms with Crippen LogP contribution in [0.2, 0.25) is 0 Å². The standard InChI is InChI=1S/C12H24N4O/c1-3-5-8-17-9-7-16-11-14-12(15-16)10-13-6-4-2/h11,13H,3-10H2,1-2H3. The minimum absolute atomic E-state index is 0.713. The number of hydrogen-bond acceptors (Lipinski definition) is 4. The highest BCUT2D eigenvalue weighted by atomic mass is 16.5. The number of unbranched alkanes of at least 4 members (excludes halogenated alkanes) is 1. The molecule has 0 atom stereocenters. The largest absolute Gasteiger partial charge is 0.380 e. The van der Waals surface area contributed by atoms with Gasteiger partial charge in [-0.25, -0.2) is 4.98 Å². The molecule has 98 valence electrons. The highest BCUT2D eigenvalue weighted by molar-refractivity contribution is 4.80. The van der Waals surface area contributed by atoms with E-state index in [-0.39, 0.29) is 0 Å². The molecule has 0 aliphatic carbocycles. The minimum atomic E-state index is 0.713. The van der Waals surface area contributed by atoms with Gasteiger partial charge in [0.05, 0.1) is 19.7 Å². The Morgan fingerprint density at radius 1 is 1.29 bits per heavy atom. The molecular weight excluding hydrogens is 216 g/mol. The lowest BCUT2D eigenvalue weighted by atomic mass is 10.4. The van der Waals surface area contributed by atoms with Crippen LogP contribution in [0.25, 0.3) is 0 Å². The summed E-state index contributed by atoms with van der Waals surface area (Å²) in [5.74, 6) is 0.854. The Hall–Kier alpha value is -0.940. The molecule has 5 nitrogen and oxygen atoms in total. The van der Waals surface area contributed by atoms with Gasteiger partial charge in [0, 0.05) is 6.61 Å². The molecule has 0 aliphatic rings. The first-order chi connectivity index (χ1) is 8.36. The molecule has 1 aromatic heterocycles. The minimum Gasteiger partial charge on any atom is -0.380 e. The van der Waals surface area contributed by atoms with Crippen LogP contribution < -0.4 is 5.32 Å². The van der Waals surface area contributed by atoms with E-state index < -0.39 is 0 Å². The Bertz CT molecular complexity index is 288. The van der Waals surface area contributed by atoms with Crippen molar-refractivity contribution in [3.05, 3.63) is 12.2 Å². The lowest BCUT2D eigenvalue weighted by Crippen LogP contribution is -2.15. The number of nitrogens with zero attached hydrogens (tertiary/aromatic N) is 3. The maximum absolute atomic E-state index is 5.48. The molecule has 0 saturated heterocycles. The number of hydrogen-bond donors (Lipinski definition) is 1. The molecule has 0 spiro atoms. The fraction of sp³-hybridized carbons (Fsp3) is 0.833. The molecule has 1 N–H and O–H groups in total. The maximum atomic E-state index is 5.48. The van der Waals surface area contributed by atoms with E-state index >= 15 is 0 Å². The lowest BCUT2D eigenvalue weighted by molar-refractivity contribution is 0.121. The lowest BCUT2D eigenvalue weighted by Gasteiger charge is -2.02. The van der Waals surface area contributed by atoms with Gasteiger partial charge in [0.2, 0.25) is 0 Å². The van der Waals surface area contributed by atoms with Crippen LogP contribution in [0.1, 0.15) is 38.9 Å². The summed E-state index contributed by atoms with van der Waals surface area (Å²) in [4.78, 5) is 4.24. The van der Waals surface area contributed by atoms with Crippen molar-refractivity contribution < 1.29 is 4.74 Å². The van der Waals surface area contributed by atoms with Crippen LogP contribution in [0, 0.1) is 0 Å². The number of rotatable bonds is 10. The summed E-state index contributed by atoms with van der Waals surface area (Å²) in [5, 5.41) is 7.64. The second kappa shape index (κ2) is 9.13. The molecule has 0 radical (unpaired) electrons. The van der Waals surface area contributed by atoms with E-state index in [1.807, 2.05) is 4.68 Å². The predicted molar refractivity (Wildman–Crippen MR) is 67.7 cm³/mol. The average Bonchev–Trinajstić information content (AvgIpc) is 2.77. The van der Waals surface area contributed by atoms with E-state index in [1.165, 1.54) is 6.42 Å². The molecule has 5 heteroatoms. The third-order valence-electron chi connectivity index (χ3n) is 2.40. The van der Waals surface area contributed by atoms with Crippen LogP contribution in [-0.4, -0.2) is 34.5 Å². The van der Waals surface area contributed by atoms with E-state index in [0.717, 1.165) is 44.9 Å². The van der Waals surface area contributed by atoms with Gasteiger partial charge in [0.1, 0.15) is 6.33 Å². The van der Waals surface area contributed by atoms with Crippen molar-refractivity contribution in [2.24, 2.45) is 0 Å². The van der Waals surface area contributed by atoms with Gasteiger partial charge in [-0.05, 0) is 19.4 Å². The summed E-state index contributed by atoms with van der Waals surface area (Å²) in [6.45, 7) is 8.40. The Labute approximate surface area is 104 Å². The fourth-order valence-corrected chi connectivity index (χ4v) is 1.41. The van der Waals surface area contributed by atoms with E-state index in [4.69, 9.17) is 4.74 Å². The molecule has 0 aromatic carbocycles. The van der Waals surface area contributed by atoms with E-state index in [0.29, 0.717) is 6.61 Å². The number of aromatic nitrogens is 3. The van der Waals surface area contributed by atoms with Crippen LogP contribution >= 0.6 is 0 Å². The van der Waals surface area contributed by atoms with Crippen molar-refractivity contribution in [1.29, 1.82) is 0 Å². The smallest absolute Gasteiger partial charge is 0.164 e. The van der Waals surface area contributed by atoms with Gasteiger partial charge >= 0.3 is 0 Å². The highest BCUT2D eigenvalue weighted by Gasteiger charge is 1.99.